The summed E-state index contributed by atoms with van der Waals surface area (Å²) >= 11 is 8.87. The van der Waals surface area contributed by atoms with Gasteiger partial charge in [-0.15, -0.1) is 0 Å². The van der Waals surface area contributed by atoms with Crippen LogP contribution in [0.25, 0.3) is 0 Å². The van der Waals surface area contributed by atoms with Crippen molar-refractivity contribution in [3.05, 3.63) is 5.29 Å². The molecule has 0 radical (unpaired) electrons. The molecular formula is C2HI4N. The Morgan fingerprint density at radius 2 is 1.57 bits per heavy atom. The minimum atomic E-state index is 1.19. The Morgan fingerprint density at radius 3 is 1.57 bits per heavy atom. The van der Waals surface area contributed by atoms with E-state index >= 15 is 0 Å². The Bertz CT molecular complexity index is 83.7. The van der Waals surface area contributed by atoms with Crippen molar-refractivity contribution in [1.29, 1.82) is 0 Å². The van der Waals surface area contributed by atoms with Gasteiger partial charge >= 0.3 is 0 Å². The lowest BCUT2D eigenvalue weighted by atomic mass is 11.1. The van der Waals surface area contributed by atoms with Crippen LogP contribution in [0.15, 0.2) is 5.29 Å². The molecule has 0 aromatic carbocycles. The van der Waals surface area contributed by atoms with Crippen LogP contribution in [0.4, 0.5) is 0 Å². The van der Waals surface area contributed by atoms with E-state index in [1.165, 1.54) is 5.29 Å². The lowest BCUT2D eigenvalue weighted by Crippen LogP contribution is -1.86. The first-order chi connectivity index (χ1) is 3.18. The fraction of sp³-hybridized carbons (Fsp3) is 0. The summed E-state index contributed by atoms with van der Waals surface area (Å²) in [5.41, 5.74) is 0. The van der Waals surface area contributed by atoms with Gasteiger partial charge in [0.05, 0.1) is 24.5 Å². The second-order valence-corrected chi connectivity index (χ2v) is 6.51. The molecule has 0 aliphatic rings. The van der Waals surface area contributed by atoms with Gasteiger partial charge in [0.2, 0.25) is 0 Å². The molecule has 0 heterocycles. The van der Waals surface area contributed by atoms with Crippen LogP contribution in [0.2, 0.25) is 0 Å². The van der Waals surface area contributed by atoms with E-state index in [1.54, 1.807) is 0 Å². The number of nitrogens with one attached hydrogen (secondary N) is 1. The highest BCUT2D eigenvalue weighted by Gasteiger charge is 1.89. The second-order valence-electron chi connectivity index (χ2n) is 0.669. The third kappa shape index (κ3) is 4.93. The Labute approximate surface area is 97.4 Å². The molecule has 0 rings (SSSR count). The zero-order valence-electron chi connectivity index (χ0n) is 3.01. The predicted octanol–water partition coefficient (Wildman–Crippen LogP) is 3.36. The van der Waals surface area contributed by atoms with Gasteiger partial charge in [0, 0.05) is 0 Å². The molecule has 0 saturated carbocycles. The number of halogens is 4. The molecule has 0 bridgehead atoms. The Morgan fingerprint density at radius 1 is 1.14 bits per heavy atom. The van der Waals surface area contributed by atoms with Gasteiger partial charge in [-0.05, 0) is 67.8 Å². The largest absolute Gasteiger partial charge is 0.322 e. The van der Waals surface area contributed by atoms with Crippen LogP contribution in [0, 0.1) is 0 Å². The van der Waals surface area contributed by atoms with Crippen molar-refractivity contribution in [3.63, 3.8) is 0 Å². The van der Waals surface area contributed by atoms with Gasteiger partial charge in [-0.3, -0.25) is 0 Å². The highest BCUT2D eigenvalue weighted by molar-refractivity contribution is 14.2. The van der Waals surface area contributed by atoms with E-state index in [0.29, 0.717) is 0 Å². The normalized spacial score (nSPS) is 8.00. The molecule has 5 heteroatoms. The average molecular weight is 547 g/mol. The summed E-state index contributed by atoms with van der Waals surface area (Å²) in [6, 6.07) is 0. The third-order valence-electron chi connectivity index (χ3n) is 0.249. The minimum Gasteiger partial charge on any atom is -0.322 e. The van der Waals surface area contributed by atoms with Crippen molar-refractivity contribution in [3.8, 4) is 0 Å². The molecule has 0 amide bonds. The van der Waals surface area contributed by atoms with E-state index in [0.717, 1.165) is 0 Å². The van der Waals surface area contributed by atoms with Crippen LogP contribution in [-0.4, -0.2) is 0 Å². The minimum absolute atomic E-state index is 1.19. The molecule has 1 nitrogen and oxygen atoms in total. The van der Waals surface area contributed by atoms with Gasteiger partial charge in [-0.2, -0.15) is 0 Å². The van der Waals surface area contributed by atoms with Crippen LogP contribution in [0.3, 0.4) is 0 Å². The molecule has 0 fully saturated rings. The first-order valence-electron chi connectivity index (χ1n) is 1.26. The second kappa shape index (κ2) is 5.26. The van der Waals surface area contributed by atoms with E-state index < -0.39 is 0 Å². The number of hydrogen-bond acceptors (Lipinski definition) is 1. The van der Waals surface area contributed by atoms with Gasteiger partial charge in [0.25, 0.3) is 0 Å². The molecular weight excluding hydrogens is 546 g/mol. The van der Waals surface area contributed by atoms with Crippen LogP contribution in [-0.2, 0) is 0 Å². The van der Waals surface area contributed by atoms with E-state index in [-0.39, 0.29) is 0 Å². The van der Waals surface area contributed by atoms with Crippen LogP contribution in [0.5, 0.6) is 0 Å². The monoisotopic (exact) mass is 547 g/mol. The van der Waals surface area contributed by atoms with E-state index in [1.807, 2.05) is 0 Å². The lowest BCUT2D eigenvalue weighted by molar-refractivity contribution is 1.49. The van der Waals surface area contributed by atoms with E-state index in [2.05, 4.69) is 94.2 Å². The van der Waals surface area contributed by atoms with Crippen molar-refractivity contribution in [2.75, 3.05) is 0 Å². The smallest absolute Gasteiger partial charge is 0.102 e. The molecule has 42 valence electrons. The molecule has 0 saturated heterocycles. The maximum atomic E-state index is 2.99. The van der Waals surface area contributed by atoms with E-state index in [9.17, 15) is 0 Å². The first-order valence-corrected chi connectivity index (χ1v) is 5.57. The molecule has 0 aromatic rings. The Kier molecular flexibility index (Phi) is 7.11. The molecule has 1 N–H and O–H groups in total. The quantitative estimate of drug-likeness (QED) is 0.302. The number of rotatable bonds is 1. The maximum Gasteiger partial charge on any atom is 0.102 e. The van der Waals surface area contributed by atoms with Crippen LogP contribution < -0.4 is 3.53 Å². The molecule has 0 atom stereocenters. The Hall–Kier alpha value is 2.46. The molecule has 0 aliphatic carbocycles. The topological polar surface area (TPSA) is 12.0 Å². The van der Waals surface area contributed by atoms with Gasteiger partial charge in [-0.25, -0.2) is 0 Å². The number of hydrogen-bond donors (Lipinski definition) is 1. The SMILES string of the molecule is INC(I)=C(I)I. The summed E-state index contributed by atoms with van der Waals surface area (Å²) in [6.45, 7) is 0. The Balaban J connectivity index is 3.72. The highest BCUT2D eigenvalue weighted by atomic mass is 127. The van der Waals surface area contributed by atoms with Crippen molar-refractivity contribution >= 4 is 90.6 Å². The summed E-state index contributed by atoms with van der Waals surface area (Å²) in [5.74, 6) is 0. The fourth-order valence-electron chi connectivity index (χ4n) is 0.0357. The fourth-order valence-corrected chi connectivity index (χ4v) is 1.61. The summed E-state index contributed by atoms with van der Waals surface area (Å²) in [7, 11) is 0. The zero-order chi connectivity index (χ0) is 5.86. The summed E-state index contributed by atoms with van der Waals surface area (Å²) in [6.07, 6.45) is 0. The van der Waals surface area contributed by atoms with Gasteiger partial charge in [-0.1, -0.05) is 0 Å². The van der Waals surface area contributed by atoms with Crippen LogP contribution >= 0.6 is 90.6 Å². The van der Waals surface area contributed by atoms with Gasteiger partial charge in [0.1, 0.15) is 3.70 Å². The van der Waals surface area contributed by atoms with E-state index in [4.69, 9.17) is 0 Å². The maximum absolute atomic E-state index is 2.99. The lowest BCUT2D eigenvalue weighted by Gasteiger charge is -1.90. The molecule has 7 heavy (non-hydrogen) atoms. The van der Waals surface area contributed by atoms with Gasteiger partial charge < -0.3 is 3.53 Å². The molecule has 0 unspecified atom stereocenters. The average Bonchev–Trinajstić information content (AvgIpc) is 1.65. The third-order valence-corrected chi connectivity index (χ3v) is 5.77. The summed E-state index contributed by atoms with van der Waals surface area (Å²) < 4.78 is 5.45. The summed E-state index contributed by atoms with van der Waals surface area (Å²) in [4.78, 5) is 0. The summed E-state index contributed by atoms with van der Waals surface area (Å²) in [5, 5.41) is 0. The first kappa shape index (κ1) is 9.46. The predicted molar refractivity (Wildman–Crippen MR) is 66.2 cm³/mol. The molecule has 0 aromatic heterocycles. The van der Waals surface area contributed by atoms with Crippen molar-refractivity contribution in [2.24, 2.45) is 0 Å². The van der Waals surface area contributed by atoms with Crippen molar-refractivity contribution in [2.45, 2.75) is 0 Å². The zero-order valence-corrected chi connectivity index (χ0v) is 11.6. The standard InChI is InChI=1S/C2HI4N/c3-1(4)2(5)7-6/h7H. The molecule has 0 aliphatic heterocycles. The van der Waals surface area contributed by atoms with Gasteiger partial charge in [0.15, 0.2) is 0 Å². The van der Waals surface area contributed by atoms with Crippen LogP contribution in [0.1, 0.15) is 0 Å². The molecule has 0 spiro atoms. The highest BCUT2D eigenvalue weighted by Crippen LogP contribution is 2.23. The van der Waals surface area contributed by atoms with Crippen molar-refractivity contribution in [1.82, 2.24) is 3.53 Å². The van der Waals surface area contributed by atoms with Crippen molar-refractivity contribution < 1.29 is 0 Å².